The van der Waals surface area contributed by atoms with Crippen LogP contribution in [0.1, 0.15) is 55.8 Å². The maximum Gasteiger partial charge on any atom is 0.491 e. The Labute approximate surface area is 192 Å². The van der Waals surface area contributed by atoms with E-state index < -0.39 is 18.4 Å². The van der Waals surface area contributed by atoms with Crippen LogP contribution in [-0.4, -0.2) is 41.5 Å². The Morgan fingerprint density at radius 2 is 1.70 bits per heavy atom. The molecule has 0 aliphatic rings. The van der Waals surface area contributed by atoms with Crippen LogP contribution in [-0.2, 0) is 26.7 Å². The molecule has 0 amide bonds. The third-order valence-electron chi connectivity index (χ3n) is 5.09. The lowest BCUT2D eigenvalue weighted by Gasteiger charge is -2.22. The van der Waals surface area contributed by atoms with Crippen LogP contribution in [0.5, 0.6) is 0 Å². The standard InChI is InChI=1S/C24H30F3N3O3/c1-14-15(2)29-30(8)20(14)21(32-16(3)33-22(31)24(25,26)27)19(13-28-7)17-9-11-18(12-10-17)23(4,5)6/h9-13,16H,1-8H3/b21-19-,28-13?. The molecule has 1 aromatic carbocycles. The summed E-state index contributed by atoms with van der Waals surface area (Å²) in [7, 11) is 3.28. The molecule has 0 saturated heterocycles. The van der Waals surface area contributed by atoms with Gasteiger partial charge in [-0.05, 0) is 30.4 Å². The largest absolute Gasteiger partial charge is 0.491 e. The summed E-state index contributed by atoms with van der Waals surface area (Å²) >= 11 is 0. The number of hydrogen-bond acceptors (Lipinski definition) is 5. The highest BCUT2D eigenvalue weighted by atomic mass is 19.4. The van der Waals surface area contributed by atoms with Gasteiger partial charge >= 0.3 is 12.1 Å². The Morgan fingerprint density at radius 1 is 1.12 bits per heavy atom. The van der Waals surface area contributed by atoms with E-state index in [0.717, 1.165) is 22.4 Å². The second kappa shape index (κ2) is 9.80. The molecule has 1 aromatic heterocycles. The third kappa shape index (κ3) is 6.24. The minimum atomic E-state index is -5.13. The van der Waals surface area contributed by atoms with Crippen LogP contribution in [0.25, 0.3) is 11.3 Å². The number of aliphatic imine (C=N–C) groups is 1. The Hall–Kier alpha value is -3.10. The van der Waals surface area contributed by atoms with E-state index in [1.54, 1.807) is 25.0 Å². The van der Waals surface area contributed by atoms with E-state index >= 15 is 0 Å². The molecule has 0 aliphatic heterocycles. The van der Waals surface area contributed by atoms with Gasteiger partial charge in [0.05, 0.1) is 5.69 Å². The van der Waals surface area contributed by atoms with Gasteiger partial charge in [-0.15, -0.1) is 0 Å². The van der Waals surface area contributed by atoms with Gasteiger partial charge in [0.1, 0.15) is 5.69 Å². The van der Waals surface area contributed by atoms with Gasteiger partial charge in [0, 0.05) is 38.4 Å². The molecule has 1 heterocycles. The van der Waals surface area contributed by atoms with Gasteiger partial charge in [-0.3, -0.25) is 9.67 Å². The van der Waals surface area contributed by atoms with Gasteiger partial charge in [-0.1, -0.05) is 45.0 Å². The highest BCUT2D eigenvalue weighted by Gasteiger charge is 2.42. The van der Waals surface area contributed by atoms with Crippen LogP contribution in [0.15, 0.2) is 29.3 Å². The van der Waals surface area contributed by atoms with E-state index in [2.05, 4.69) is 35.6 Å². The van der Waals surface area contributed by atoms with E-state index in [4.69, 9.17) is 4.74 Å². The summed E-state index contributed by atoms with van der Waals surface area (Å²) in [6.07, 6.45) is -5.09. The van der Waals surface area contributed by atoms with Crippen molar-refractivity contribution >= 4 is 23.5 Å². The molecule has 6 nitrogen and oxygen atoms in total. The molecule has 0 fully saturated rings. The number of nitrogens with zero attached hydrogens (tertiary/aromatic N) is 3. The van der Waals surface area contributed by atoms with Crippen molar-refractivity contribution in [3.8, 4) is 0 Å². The molecule has 2 rings (SSSR count). The number of esters is 1. The summed E-state index contributed by atoms with van der Waals surface area (Å²) in [5, 5.41) is 4.39. The van der Waals surface area contributed by atoms with Crippen molar-refractivity contribution in [1.29, 1.82) is 0 Å². The molecule has 1 atom stereocenters. The Balaban J connectivity index is 2.67. The number of carbonyl (C=O) groups excluding carboxylic acids is 1. The Kier molecular flexibility index (Phi) is 7.77. The van der Waals surface area contributed by atoms with Crippen molar-refractivity contribution in [3.63, 3.8) is 0 Å². The fourth-order valence-electron chi connectivity index (χ4n) is 3.28. The van der Waals surface area contributed by atoms with E-state index in [1.807, 2.05) is 38.1 Å². The monoisotopic (exact) mass is 465 g/mol. The van der Waals surface area contributed by atoms with Crippen LogP contribution in [0.2, 0.25) is 0 Å². The fourth-order valence-corrected chi connectivity index (χ4v) is 3.28. The first-order valence-electron chi connectivity index (χ1n) is 10.4. The lowest BCUT2D eigenvalue weighted by Crippen LogP contribution is -2.30. The number of aryl methyl sites for hydroxylation is 2. The molecule has 9 heteroatoms. The van der Waals surface area contributed by atoms with Crippen molar-refractivity contribution in [2.24, 2.45) is 12.0 Å². The predicted octanol–water partition coefficient (Wildman–Crippen LogP) is 5.37. The second-order valence-electron chi connectivity index (χ2n) is 8.73. The number of aromatic nitrogens is 2. The van der Waals surface area contributed by atoms with Crippen LogP contribution in [0.3, 0.4) is 0 Å². The molecule has 0 bridgehead atoms. The number of alkyl halides is 3. The molecule has 0 spiro atoms. The lowest BCUT2D eigenvalue weighted by atomic mass is 9.86. The number of allylic oxidation sites excluding steroid dienone is 1. The van der Waals surface area contributed by atoms with Crippen LogP contribution in [0, 0.1) is 13.8 Å². The van der Waals surface area contributed by atoms with Crippen molar-refractivity contribution in [3.05, 3.63) is 52.3 Å². The molecule has 1 unspecified atom stereocenters. The SMILES string of the molecule is CN=C/C(=C(/OC(C)OC(=O)C(F)(F)F)c1c(C)c(C)nn1C)c1ccc(C(C)(C)C)cc1. The zero-order valence-corrected chi connectivity index (χ0v) is 20.2. The average molecular weight is 466 g/mol. The zero-order valence-electron chi connectivity index (χ0n) is 20.2. The van der Waals surface area contributed by atoms with Crippen molar-refractivity contribution in [2.75, 3.05) is 7.05 Å². The molecule has 0 saturated carbocycles. The molecule has 33 heavy (non-hydrogen) atoms. The maximum absolute atomic E-state index is 12.7. The van der Waals surface area contributed by atoms with E-state index in [-0.39, 0.29) is 11.2 Å². The lowest BCUT2D eigenvalue weighted by molar-refractivity contribution is -0.216. The fraction of sp³-hybridized carbons (Fsp3) is 0.458. The molecule has 0 N–H and O–H groups in total. The van der Waals surface area contributed by atoms with Crippen molar-refractivity contribution in [1.82, 2.24) is 9.78 Å². The van der Waals surface area contributed by atoms with E-state index in [0.29, 0.717) is 11.3 Å². The molecule has 0 radical (unpaired) electrons. The van der Waals surface area contributed by atoms with Gasteiger partial charge in [0.15, 0.2) is 5.76 Å². The first-order chi connectivity index (χ1) is 15.2. The average Bonchev–Trinajstić information content (AvgIpc) is 2.95. The van der Waals surface area contributed by atoms with Crippen molar-refractivity contribution in [2.45, 2.75) is 59.4 Å². The number of benzene rings is 1. The summed E-state index contributed by atoms with van der Waals surface area (Å²) in [6.45, 7) is 11.2. The van der Waals surface area contributed by atoms with Gasteiger partial charge in [-0.25, -0.2) is 4.79 Å². The zero-order chi connectivity index (χ0) is 25.1. The predicted molar refractivity (Wildman–Crippen MR) is 122 cm³/mol. The summed E-state index contributed by atoms with van der Waals surface area (Å²) in [6, 6.07) is 7.74. The minimum Gasteiger partial charge on any atom is -0.452 e. The van der Waals surface area contributed by atoms with Crippen LogP contribution in [0.4, 0.5) is 13.2 Å². The summed E-state index contributed by atoms with van der Waals surface area (Å²) in [5.41, 5.74) is 4.34. The number of hydrogen-bond donors (Lipinski definition) is 0. The quantitative estimate of drug-likeness (QED) is 0.249. The Bertz CT molecular complexity index is 1060. The molecule has 2 aromatic rings. The minimum absolute atomic E-state index is 0.0589. The van der Waals surface area contributed by atoms with E-state index in [1.165, 1.54) is 6.92 Å². The topological polar surface area (TPSA) is 65.7 Å². The Morgan fingerprint density at radius 3 is 2.12 bits per heavy atom. The second-order valence-corrected chi connectivity index (χ2v) is 8.73. The summed E-state index contributed by atoms with van der Waals surface area (Å²) in [4.78, 5) is 15.5. The van der Waals surface area contributed by atoms with Gasteiger partial charge < -0.3 is 9.47 Å². The highest BCUT2D eigenvalue weighted by Crippen LogP contribution is 2.32. The van der Waals surface area contributed by atoms with Crippen molar-refractivity contribution < 1.29 is 27.4 Å². The summed E-state index contributed by atoms with van der Waals surface area (Å²) < 4.78 is 50.0. The first kappa shape index (κ1) is 26.2. The summed E-state index contributed by atoms with van der Waals surface area (Å²) in [5.74, 6) is -2.13. The number of halogens is 3. The third-order valence-corrected chi connectivity index (χ3v) is 5.09. The molecule has 0 aliphatic carbocycles. The first-order valence-corrected chi connectivity index (χ1v) is 10.4. The smallest absolute Gasteiger partial charge is 0.452 e. The normalized spacial score (nSPS) is 14.3. The van der Waals surface area contributed by atoms with Crippen LogP contribution < -0.4 is 0 Å². The molecule has 180 valence electrons. The van der Waals surface area contributed by atoms with Gasteiger partial charge in [0.2, 0.25) is 6.29 Å². The molecular formula is C24H30F3N3O3. The van der Waals surface area contributed by atoms with Crippen LogP contribution >= 0.6 is 0 Å². The highest BCUT2D eigenvalue weighted by molar-refractivity contribution is 6.18. The number of rotatable bonds is 6. The number of ether oxygens (including phenoxy) is 2. The van der Waals surface area contributed by atoms with Gasteiger partial charge in [0.25, 0.3) is 0 Å². The maximum atomic E-state index is 12.7. The number of carbonyl (C=O) groups is 1. The van der Waals surface area contributed by atoms with E-state index in [9.17, 15) is 18.0 Å². The van der Waals surface area contributed by atoms with Gasteiger partial charge in [-0.2, -0.15) is 18.3 Å². The molecular weight excluding hydrogens is 435 g/mol.